The van der Waals surface area contributed by atoms with Crippen LogP contribution in [0.25, 0.3) is 0 Å². The van der Waals surface area contributed by atoms with Crippen molar-refractivity contribution in [1.29, 1.82) is 0 Å². The number of hydrogen-bond acceptors (Lipinski definition) is 1. The van der Waals surface area contributed by atoms with Gasteiger partial charge in [-0.05, 0) is 36.2 Å². The SMILES string of the molecule is C[C@@H](NCc1cccc(Cl)c1Cl)c1cccc(Br)c1. The van der Waals surface area contributed by atoms with Gasteiger partial charge in [-0.25, -0.2) is 0 Å². The van der Waals surface area contributed by atoms with Crippen molar-refractivity contribution in [1.82, 2.24) is 5.32 Å². The van der Waals surface area contributed by atoms with Crippen molar-refractivity contribution in [3.05, 3.63) is 68.1 Å². The third-order valence-corrected chi connectivity index (χ3v) is 4.33. The molecule has 0 spiro atoms. The molecule has 4 heteroatoms. The molecule has 0 aromatic heterocycles. The van der Waals surface area contributed by atoms with Gasteiger partial charge < -0.3 is 5.32 Å². The second-order valence-corrected chi connectivity index (χ2v) is 6.07. The number of hydrogen-bond donors (Lipinski definition) is 1. The molecule has 2 aromatic carbocycles. The Morgan fingerprint density at radius 2 is 1.89 bits per heavy atom. The van der Waals surface area contributed by atoms with E-state index in [9.17, 15) is 0 Å². The number of rotatable bonds is 4. The van der Waals surface area contributed by atoms with Crippen LogP contribution in [0.5, 0.6) is 0 Å². The molecule has 1 atom stereocenters. The van der Waals surface area contributed by atoms with Crippen LogP contribution in [0.15, 0.2) is 46.9 Å². The fraction of sp³-hybridized carbons (Fsp3) is 0.200. The van der Waals surface area contributed by atoms with E-state index < -0.39 is 0 Å². The fourth-order valence-corrected chi connectivity index (χ4v) is 2.65. The third kappa shape index (κ3) is 3.96. The van der Waals surface area contributed by atoms with Crippen LogP contribution in [0.1, 0.15) is 24.1 Å². The highest BCUT2D eigenvalue weighted by Gasteiger charge is 2.08. The van der Waals surface area contributed by atoms with E-state index in [0.29, 0.717) is 16.6 Å². The molecule has 0 amide bonds. The Kier molecular flexibility index (Phi) is 5.28. The summed E-state index contributed by atoms with van der Waals surface area (Å²) in [6, 6.07) is 14.2. The first kappa shape index (κ1) is 14.9. The number of halogens is 3. The van der Waals surface area contributed by atoms with Gasteiger partial charge in [0.05, 0.1) is 10.0 Å². The van der Waals surface area contributed by atoms with Gasteiger partial charge >= 0.3 is 0 Å². The lowest BCUT2D eigenvalue weighted by atomic mass is 10.1. The van der Waals surface area contributed by atoms with Crippen molar-refractivity contribution in [3.8, 4) is 0 Å². The van der Waals surface area contributed by atoms with E-state index in [2.05, 4.69) is 40.3 Å². The summed E-state index contributed by atoms with van der Waals surface area (Å²) in [5, 5.41) is 4.66. The van der Waals surface area contributed by atoms with E-state index >= 15 is 0 Å². The summed E-state index contributed by atoms with van der Waals surface area (Å²) in [6.45, 7) is 2.81. The van der Waals surface area contributed by atoms with Crippen LogP contribution in [-0.2, 0) is 6.54 Å². The minimum absolute atomic E-state index is 0.243. The number of benzene rings is 2. The van der Waals surface area contributed by atoms with Gasteiger partial charge in [-0.2, -0.15) is 0 Å². The highest BCUT2D eigenvalue weighted by molar-refractivity contribution is 9.10. The van der Waals surface area contributed by atoms with Gasteiger partial charge in [0.1, 0.15) is 0 Å². The minimum atomic E-state index is 0.243. The zero-order chi connectivity index (χ0) is 13.8. The Balaban J connectivity index is 2.04. The van der Waals surface area contributed by atoms with E-state index in [-0.39, 0.29) is 6.04 Å². The molecular formula is C15H14BrCl2N. The van der Waals surface area contributed by atoms with Crippen molar-refractivity contribution in [3.63, 3.8) is 0 Å². The van der Waals surface area contributed by atoms with Gasteiger partial charge in [0.2, 0.25) is 0 Å². The maximum Gasteiger partial charge on any atom is 0.0637 e. The van der Waals surface area contributed by atoms with Gasteiger partial charge in [0, 0.05) is 17.1 Å². The van der Waals surface area contributed by atoms with Gasteiger partial charge in [-0.15, -0.1) is 0 Å². The summed E-state index contributed by atoms with van der Waals surface area (Å²) in [5.74, 6) is 0. The average Bonchev–Trinajstić information content (AvgIpc) is 2.40. The predicted molar refractivity (Wildman–Crippen MR) is 85.9 cm³/mol. The first-order valence-corrected chi connectivity index (χ1v) is 7.54. The summed E-state index contributed by atoms with van der Waals surface area (Å²) < 4.78 is 1.08. The highest BCUT2D eigenvalue weighted by atomic mass is 79.9. The molecule has 0 saturated carbocycles. The van der Waals surface area contributed by atoms with Crippen molar-refractivity contribution >= 4 is 39.1 Å². The summed E-state index contributed by atoms with van der Waals surface area (Å²) in [5.41, 5.74) is 2.24. The van der Waals surface area contributed by atoms with Crippen molar-refractivity contribution < 1.29 is 0 Å². The van der Waals surface area contributed by atoms with E-state index in [0.717, 1.165) is 10.0 Å². The van der Waals surface area contributed by atoms with Gasteiger partial charge in [-0.3, -0.25) is 0 Å². The van der Waals surface area contributed by atoms with Crippen molar-refractivity contribution in [2.24, 2.45) is 0 Å². The third-order valence-electron chi connectivity index (χ3n) is 2.98. The summed E-state index contributed by atoms with van der Waals surface area (Å²) in [7, 11) is 0. The maximum atomic E-state index is 6.17. The van der Waals surface area contributed by atoms with Crippen molar-refractivity contribution in [2.75, 3.05) is 0 Å². The first-order valence-electron chi connectivity index (χ1n) is 5.99. The monoisotopic (exact) mass is 357 g/mol. The largest absolute Gasteiger partial charge is 0.306 e. The smallest absolute Gasteiger partial charge is 0.0637 e. The molecule has 2 rings (SSSR count). The van der Waals surface area contributed by atoms with E-state index in [4.69, 9.17) is 23.2 Å². The van der Waals surface area contributed by atoms with Gasteiger partial charge in [0.25, 0.3) is 0 Å². The zero-order valence-corrected chi connectivity index (χ0v) is 13.6. The average molecular weight is 359 g/mol. The lowest BCUT2D eigenvalue weighted by Crippen LogP contribution is -2.18. The Morgan fingerprint density at radius 3 is 2.63 bits per heavy atom. The molecular weight excluding hydrogens is 345 g/mol. The lowest BCUT2D eigenvalue weighted by Gasteiger charge is -2.15. The molecule has 19 heavy (non-hydrogen) atoms. The predicted octanol–water partition coefficient (Wildman–Crippen LogP) is 5.61. The van der Waals surface area contributed by atoms with Crippen LogP contribution in [0, 0.1) is 0 Å². The Morgan fingerprint density at radius 1 is 1.16 bits per heavy atom. The molecule has 1 nitrogen and oxygen atoms in total. The van der Waals surface area contributed by atoms with Crippen LogP contribution in [-0.4, -0.2) is 0 Å². The molecule has 0 heterocycles. The molecule has 1 N–H and O–H groups in total. The molecule has 0 fully saturated rings. The zero-order valence-electron chi connectivity index (χ0n) is 10.5. The Hall–Kier alpha value is -0.540. The van der Waals surface area contributed by atoms with Crippen molar-refractivity contribution in [2.45, 2.75) is 19.5 Å². The summed E-state index contributed by atoms with van der Waals surface area (Å²) in [6.07, 6.45) is 0. The van der Waals surface area contributed by atoms with Crippen LogP contribution in [0.3, 0.4) is 0 Å². The summed E-state index contributed by atoms with van der Waals surface area (Å²) in [4.78, 5) is 0. The molecule has 0 aliphatic carbocycles. The molecule has 0 radical (unpaired) electrons. The fourth-order valence-electron chi connectivity index (χ4n) is 1.84. The molecule has 2 aromatic rings. The topological polar surface area (TPSA) is 12.0 Å². The van der Waals surface area contributed by atoms with Gasteiger partial charge in [-0.1, -0.05) is 63.4 Å². The molecule has 0 aliphatic rings. The normalized spacial score (nSPS) is 12.4. The Bertz CT molecular complexity index is 572. The molecule has 0 aliphatic heterocycles. The van der Waals surface area contributed by atoms with Gasteiger partial charge in [0.15, 0.2) is 0 Å². The Labute approximate surface area is 132 Å². The molecule has 0 unspecified atom stereocenters. The van der Waals surface area contributed by atoms with E-state index in [1.165, 1.54) is 5.56 Å². The van der Waals surface area contributed by atoms with E-state index in [1.807, 2.05) is 24.3 Å². The molecule has 100 valence electrons. The molecule has 0 saturated heterocycles. The first-order chi connectivity index (χ1) is 9.08. The highest BCUT2D eigenvalue weighted by Crippen LogP contribution is 2.26. The van der Waals surface area contributed by atoms with Crippen LogP contribution >= 0.6 is 39.1 Å². The molecule has 0 bridgehead atoms. The minimum Gasteiger partial charge on any atom is -0.306 e. The van der Waals surface area contributed by atoms with Crippen LogP contribution in [0.2, 0.25) is 10.0 Å². The second kappa shape index (κ2) is 6.76. The second-order valence-electron chi connectivity index (χ2n) is 4.37. The van der Waals surface area contributed by atoms with E-state index in [1.54, 1.807) is 6.07 Å². The quantitative estimate of drug-likeness (QED) is 0.749. The lowest BCUT2D eigenvalue weighted by molar-refractivity contribution is 0.574. The van der Waals surface area contributed by atoms with Crippen LogP contribution < -0.4 is 5.32 Å². The maximum absolute atomic E-state index is 6.17. The standard InChI is InChI=1S/C15H14BrCl2N/c1-10(11-4-2-6-13(16)8-11)19-9-12-5-3-7-14(17)15(12)18/h2-8,10,19H,9H2,1H3/t10-/m1/s1. The van der Waals surface area contributed by atoms with Crippen LogP contribution in [0.4, 0.5) is 0 Å². The number of nitrogens with one attached hydrogen (secondary N) is 1. The summed E-state index contributed by atoms with van der Waals surface area (Å²) >= 11 is 15.7.